The van der Waals surface area contributed by atoms with Gasteiger partial charge < -0.3 is 9.88 Å². The number of rotatable bonds is 0. The van der Waals surface area contributed by atoms with E-state index in [1.54, 1.807) is 0 Å². The average molecular weight is 243 g/mol. The van der Waals surface area contributed by atoms with E-state index in [9.17, 15) is 4.79 Å². The van der Waals surface area contributed by atoms with Gasteiger partial charge in [-0.25, -0.2) is 4.98 Å². The molecule has 3 rings (SSSR count). The molecule has 0 radical (unpaired) electrons. The number of carbonyl (C=O) groups excluding carboxylic acids is 1. The van der Waals surface area contributed by atoms with Crippen molar-refractivity contribution in [1.82, 2.24) is 14.9 Å². The van der Waals surface area contributed by atoms with Crippen molar-refractivity contribution in [2.45, 2.75) is 32.7 Å². The summed E-state index contributed by atoms with van der Waals surface area (Å²) >= 11 is 0. The second kappa shape index (κ2) is 3.57. The van der Waals surface area contributed by atoms with Gasteiger partial charge in [-0.05, 0) is 12.1 Å². The number of nitrogens with one attached hydrogen (secondary N) is 1. The summed E-state index contributed by atoms with van der Waals surface area (Å²) in [6.07, 6.45) is 0. The van der Waals surface area contributed by atoms with E-state index in [1.165, 1.54) is 0 Å². The summed E-state index contributed by atoms with van der Waals surface area (Å²) in [6, 6.07) is 5.74. The molecule has 18 heavy (non-hydrogen) atoms. The summed E-state index contributed by atoms with van der Waals surface area (Å²) in [7, 11) is 0. The molecule has 2 aromatic rings. The Hall–Kier alpha value is -1.84. The zero-order valence-electron chi connectivity index (χ0n) is 10.9. The molecule has 1 aromatic carbocycles. The molecule has 0 saturated carbocycles. The average Bonchev–Trinajstić information content (AvgIpc) is 2.59. The first-order valence-corrected chi connectivity index (χ1v) is 6.26. The summed E-state index contributed by atoms with van der Waals surface area (Å²) in [5.74, 6) is 1.04. The van der Waals surface area contributed by atoms with Gasteiger partial charge in [-0.15, -0.1) is 0 Å². The van der Waals surface area contributed by atoms with Crippen LogP contribution in [0.15, 0.2) is 18.2 Å². The molecule has 94 valence electrons. The quantitative estimate of drug-likeness (QED) is 0.770. The minimum atomic E-state index is -0.0241. The largest absolute Gasteiger partial charge is 0.350 e. The Morgan fingerprint density at radius 2 is 2.11 bits per heavy atom. The smallest absolute Gasteiger partial charge is 0.253 e. The van der Waals surface area contributed by atoms with Gasteiger partial charge in [-0.1, -0.05) is 26.8 Å². The fraction of sp³-hybridized carbons (Fsp3) is 0.429. The molecular weight excluding hydrogens is 226 g/mol. The predicted molar refractivity (Wildman–Crippen MR) is 70.8 cm³/mol. The molecule has 1 aliphatic rings. The van der Waals surface area contributed by atoms with E-state index in [0.29, 0.717) is 6.54 Å². The van der Waals surface area contributed by atoms with Gasteiger partial charge in [-0.3, -0.25) is 4.79 Å². The number of imidazole rings is 1. The lowest BCUT2D eigenvalue weighted by atomic mass is 9.95. The van der Waals surface area contributed by atoms with E-state index in [4.69, 9.17) is 4.98 Å². The first kappa shape index (κ1) is 11.3. The SMILES string of the molecule is CC(C)(C)c1nc2cccc3c2n1CCNC3=O. The van der Waals surface area contributed by atoms with Crippen LogP contribution in [0.1, 0.15) is 37.0 Å². The van der Waals surface area contributed by atoms with Crippen molar-refractivity contribution in [1.29, 1.82) is 0 Å². The minimum Gasteiger partial charge on any atom is -0.350 e. The highest BCUT2D eigenvalue weighted by Crippen LogP contribution is 2.29. The van der Waals surface area contributed by atoms with Crippen LogP contribution in [0.2, 0.25) is 0 Å². The van der Waals surface area contributed by atoms with Crippen molar-refractivity contribution in [3.05, 3.63) is 29.6 Å². The highest BCUT2D eigenvalue weighted by atomic mass is 16.1. The van der Waals surface area contributed by atoms with Crippen LogP contribution < -0.4 is 5.32 Å². The lowest BCUT2D eigenvalue weighted by Gasteiger charge is -2.19. The van der Waals surface area contributed by atoms with Gasteiger partial charge in [0.15, 0.2) is 0 Å². The first-order chi connectivity index (χ1) is 8.48. The van der Waals surface area contributed by atoms with Gasteiger partial charge >= 0.3 is 0 Å². The van der Waals surface area contributed by atoms with Gasteiger partial charge in [-0.2, -0.15) is 0 Å². The summed E-state index contributed by atoms with van der Waals surface area (Å²) in [6.45, 7) is 7.89. The molecule has 1 amide bonds. The number of amides is 1. The summed E-state index contributed by atoms with van der Waals surface area (Å²) < 4.78 is 2.18. The zero-order chi connectivity index (χ0) is 12.9. The molecule has 0 bridgehead atoms. The molecule has 1 aromatic heterocycles. The van der Waals surface area contributed by atoms with Crippen molar-refractivity contribution < 1.29 is 4.79 Å². The topological polar surface area (TPSA) is 46.9 Å². The van der Waals surface area contributed by atoms with Crippen molar-refractivity contribution in [2.24, 2.45) is 0 Å². The molecule has 0 spiro atoms. The Morgan fingerprint density at radius 1 is 1.33 bits per heavy atom. The molecule has 0 fully saturated rings. The predicted octanol–water partition coefficient (Wildman–Crippen LogP) is 2.08. The third-order valence-corrected chi connectivity index (χ3v) is 3.30. The van der Waals surface area contributed by atoms with Crippen molar-refractivity contribution in [2.75, 3.05) is 6.54 Å². The number of nitrogens with zero attached hydrogens (tertiary/aromatic N) is 2. The van der Waals surface area contributed by atoms with Gasteiger partial charge in [0.25, 0.3) is 5.91 Å². The molecule has 4 nitrogen and oxygen atoms in total. The van der Waals surface area contributed by atoms with Crippen LogP contribution in [0, 0.1) is 0 Å². The maximum atomic E-state index is 12.0. The number of aromatic nitrogens is 2. The van der Waals surface area contributed by atoms with Crippen molar-refractivity contribution in [3.63, 3.8) is 0 Å². The molecule has 4 heteroatoms. The maximum Gasteiger partial charge on any atom is 0.253 e. The summed E-state index contributed by atoms with van der Waals surface area (Å²) in [5.41, 5.74) is 2.59. The minimum absolute atomic E-state index is 0.000269. The van der Waals surface area contributed by atoms with Crippen LogP contribution in [-0.4, -0.2) is 22.0 Å². The normalized spacial score (nSPS) is 15.6. The fourth-order valence-corrected chi connectivity index (χ4v) is 2.54. The van der Waals surface area contributed by atoms with Crippen LogP contribution in [0.3, 0.4) is 0 Å². The van der Waals surface area contributed by atoms with E-state index in [0.717, 1.165) is 29.0 Å². The number of para-hydroxylation sites is 1. The lowest BCUT2D eigenvalue weighted by Crippen LogP contribution is -2.25. The van der Waals surface area contributed by atoms with Crippen LogP contribution in [0.5, 0.6) is 0 Å². The highest BCUT2D eigenvalue weighted by molar-refractivity contribution is 6.05. The molecule has 1 aliphatic heterocycles. The lowest BCUT2D eigenvalue weighted by molar-refractivity contribution is 0.0956. The second-order valence-electron chi connectivity index (χ2n) is 5.77. The van der Waals surface area contributed by atoms with Gasteiger partial charge in [0.05, 0.1) is 16.6 Å². The molecule has 1 N–H and O–H groups in total. The van der Waals surface area contributed by atoms with E-state index in [1.807, 2.05) is 18.2 Å². The molecule has 0 unspecified atom stereocenters. The van der Waals surface area contributed by atoms with E-state index in [-0.39, 0.29) is 11.3 Å². The first-order valence-electron chi connectivity index (χ1n) is 6.26. The number of hydrogen-bond donors (Lipinski definition) is 1. The van der Waals surface area contributed by atoms with E-state index in [2.05, 4.69) is 30.7 Å². The van der Waals surface area contributed by atoms with Crippen molar-refractivity contribution >= 4 is 16.9 Å². The molecule has 2 heterocycles. The van der Waals surface area contributed by atoms with Crippen LogP contribution in [-0.2, 0) is 12.0 Å². The van der Waals surface area contributed by atoms with E-state index < -0.39 is 0 Å². The third kappa shape index (κ3) is 1.52. The van der Waals surface area contributed by atoms with Crippen LogP contribution >= 0.6 is 0 Å². The molecular formula is C14H17N3O. The van der Waals surface area contributed by atoms with E-state index >= 15 is 0 Å². The third-order valence-electron chi connectivity index (χ3n) is 3.30. The Kier molecular flexibility index (Phi) is 2.24. The van der Waals surface area contributed by atoms with Crippen LogP contribution in [0.4, 0.5) is 0 Å². The Bertz CT molecular complexity index is 634. The summed E-state index contributed by atoms with van der Waals surface area (Å²) in [4.78, 5) is 16.7. The second-order valence-corrected chi connectivity index (χ2v) is 5.77. The molecule has 0 atom stereocenters. The standard InChI is InChI=1S/C14H17N3O/c1-14(2,3)13-16-10-6-4-5-9-11(10)17(13)8-7-15-12(9)18/h4-6H,7-8H2,1-3H3,(H,15,18). The maximum absolute atomic E-state index is 12.0. The van der Waals surface area contributed by atoms with Gasteiger partial charge in [0, 0.05) is 18.5 Å². The number of benzene rings is 1. The number of carbonyl (C=O) groups is 1. The van der Waals surface area contributed by atoms with Gasteiger partial charge in [0.2, 0.25) is 0 Å². The highest BCUT2D eigenvalue weighted by Gasteiger charge is 2.26. The Balaban J connectivity index is 2.40. The zero-order valence-corrected chi connectivity index (χ0v) is 10.9. The van der Waals surface area contributed by atoms with Crippen LogP contribution in [0.25, 0.3) is 11.0 Å². The Labute approximate surface area is 106 Å². The van der Waals surface area contributed by atoms with Crippen molar-refractivity contribution in [3.8, 4) is 0 Å². The monoisotopic (exact) mass is 243 g/mol. The fourth-order valence-electron chi connectivity index (χ4n) is 2.54. The molecule has 0 saturated heterocycles. The molecule has 0 aliphatic carbocycles. The Morgan fingerprint density at radius 3 is 2.83 bits per heavy atom. The van der Waals surface area contributed by atoms with Gasteiger partial charge in [0.1, 0.15) is 5.82 Å². The number of hydrogen-bond acceptors (Lipinski definition) is 2. The summed E-state index contributed by atoms with van der Waals surface area (Å²) in [5, 5.41) is 2.93.